The van der Waals surface area contributed by atoms with Crippen LogP contribution in [0.5, 0.6) is 5.75 Å². The third-order valence-electron chi connectivity index (χ3n) is 5.00. The van der Waals surface area contributed by atoms with Crippen LogP contribution in [-0.2, 0) is 0 Å². The normalized spacial score (nSPS) is 15.7. The van der Waals surface area contributed by atoms with Crippen molar-refractivity contribution in [2.75, 3.05) is 50.6 Å². The van der Waals surface area contributed by atoms with E-state index < -0.39 is 4.92 Å². The highest BCUT2D eigenvalue weighted by atomic mass is 127. The number of non-ortho nitro benzene ring substituents is 1. The number of hydrogen-bond acceptors (Lipinski definition) is 6. The van der Waals surface area contributed by atoms with Gasteiger partial charge in [0.15, 0.2) is 5.96 Å². The molecule has 1 fully saturated rings. The summed E-state index contributed by atoms with van der Waals surface area (Å²) in [5, 5.41) is 20.7. The lowest BCUT2D eigenvalue weighted by Crippen LogP contribution is -2.45. The van der Waals surface area contributed by atoms with Crippen molar-refractivity contribution in [1.29, 1.82) is 0 Å². The molecule has 1 aliphatic rings. The second kappa shape index (κ2) is 12.2. The summed E-state index contributed by atoms with van der Waals surface area (Å²) in [5.41, 5.74) is 2.04. The number of anilines is 2. The summed E-state index contributed by atoms with van der Waals surface area (Å²) in [5.74, 6) is 1.64. The Morgan fingerprint density at radius 1 is 1.23 bits per heavy atom. The Morgan fingerprint density at radius 3 is 2.65 bits per heavy atom. The Balaban J connectivity index is 0.00000341. The molecule has 0 aromatic heterocycles. The fourth-order valence-corrected chi connectivity index (χ4v) is 3.46. The molecule has 0 spiro atoms. The molecule has 0 amide bonds. The van der Waals surface area contributed by atoms with Gasteiger partial charge in [-0.1, -0.05) is 12.1 Å². The van der Waals surface area contributed by atoms with E-state index in [1.807, 2.05) is 18.2 Å². The van der Waals surface area contributed by atoms with Crippen LogP contribution < -0.4 is 25.6 Å². The number of hydrogen-bond donors (Lipinski definition) is 3. The molecule has 0 radical (unpaired) electrons. The van der Waals surface area contributed by atoms with E-state index in [4.69, 9.17) is 4.74 Å². The van der Waals surface area contributed by atoms with Gasteiger partial charge < -0.3 is 25.6 Å². The van der Waals surface area contributed by atoms with E-state index in [1.165, 1.54) is 12.1 Å². The molecule has 2 aromatic carbocycles. The molecular weight excluding hydrogens is 511 g/mol. The molecule has 0 saturated carbocycles. The van der Waals surface area contributed by atoms with Gasteiger partial charge in [0, 0.05) is 57.1 Å². The number of methoxy groups -OCH3 is 1. The maximum absolute atomic E-state index is 10.7. The van der Waals surface area contributed by atoms with Crippen molar-refractivity contribution in [3.05, 3.63) is 58.6 Å². The molecule has 2 aromatic rings. The number of para-hydroxylation sites is 2. The Bertz CT molecular complexity index is 878. The average Bonchev–Trinajstić information content (AvgIpc) is 3.24. The average molecular weight is 540 g/mol. The summed E-state index contributed by atoms with van der Waals surface area (Å²) in [6.45, 7) is 3.16. The number of nitro groups is 1. The quantitative estimate of drug-likeness (QED) is 0.118. The van der Waals surface area contributed by atoms with Crippen LogP contribution in [0, 0.1) is 10.1 Å². The van der Waals surface area contributed by atoms with E-state index in [1.54, 1.807) is 26.3 Å². The molecule has 31 heavy (non-hydrogen) atoms. The molecular formula is C21H29IN6O3. The SMILES string of the molecule is CN=C(NCCNc1ccc([N+](=O)[O-])cc1)NC1CCN(c2ccccc2OC)C1.I. The minimum Gasteiger partial charge on any atom is -0.495 e. The molecule has 1 aliphatic heterocycles. The molecule has 1 atom stereocenters. The summed E-state index contributed by atoms with van der Waals surface area (Å²) in [6, 6.07) is 14.7. The highest BCUT2D eigenvalue weighted by molar-refractivity contribution is 14.0. The number of ether oxygens (including phenoxy) is 1. The summed E-state index contributed by atoms with van der Waals surface area (Å²) >= 11 is 0. The Morgan fingerprint density at radius 2 is 1.97 bits per heavy atom. The first-order valence-electron chi connectivity index (χ1n) is 9.94. The van der Waals surface area contributed by atoms with Crippen molar-refractivity contribution in [2.24, 2.45) is 4.99 Å². The molecule has 0 aliphatic carbocycles. The van der Waals surface area contributed by atoms with Crippen LogP contribution in [0.3, 0.4) is 0 Å². The number of rotatable bonds is 8. The minimum absolute atomic E-state index is 0. The van der Waals surface area contributed by atoms with Crippen LogP contribution in [0.25, 0.3) is 0 Å². The summed E-state index contributed by atoms with van der Waals surface area (Å²) in [6.07, 6.45) is 1.01. The van der Waals surface area contributed by atoms with Gasteiger partial charge in [-0.3, -0.25) is 15.1 Å². The summed E-state index contributed by atoms with van der Waals surface area (Å²) in [4.78, 5) is 16.9. The molecule has 10 heteroatoms. The van der Waals surface area contributed by atoms with Crippen LogP contribution in [0.15, 0.2) is 53.5 Å². The standard InChI is InChI=1S/C21H28N6O3.HI/c1-22-21(24-13-12-23-16-7-9-18(10-8-16)27(28)29)25-17-11-14-26(15-17)19-5-3-4-6-20(19)30-2;/h3-10,17,23H,11-15H2,1-2H3,(H2,22,24,25);1H. The van der Waals surface area contributed by atoms with Gasteiger partial charge in [0.25, 0.3) is 5.69 Å². The van der Waals surface area contributed by atoms with E-state index in [9.17, 15) is 10.1 Å². The first-order valence-corrected chi connectivity index (χ1v) is 9.94. The van der Waals surface area contributed by atoms with E-state index in [2.05, 4.69) is 31.9 Å². The number of benzene rings is 2. The zero-order chi connectivity index (χ0) is 21.3. The van der Waals surface area contributed by atoms with Gasteiger partial charge in [0.2, 0.25) is 0 Å². The van der Waals surface area contributed by atoms with Gasteiger partial charge in [0.05, 0.1) is 17.7 Å². The smallest absolute Gasteiger partial charge is 0.269 e. The third-order valence-corrected chi connectivity index (χ3v) is 5.00. The number of nitrogens with one attached hydrogen (secondary N) is 3. The largest absolute Gasteiger partial charge is 0.495 e. The molecule has 3 rings (SSSR count). The maximum atomic E-state index is 10.7. The van der Waals surface area contributed by atoms with Crippen LogP contribution in [0.4, 0.5) is 17.1 Å². The highest BCUT2D eigenvalue weighted by Crippen LogP contribution is 2.30. The van der Waals surface area contributed by atoms with Crippen LogP contribution in [0.1, 0.15) is 6.42 Å². The topological polar surface area (TPSA) is 104 Å². The molecule has 1 saturated heterocycles. The lowest BCUT2D eigenvalue weighted by molar-refractivity contribution is -0.384. The van der Waals surface area contributed by atoms with Crippen molar-refractivity contribution in [2.45, 2.75) is 12.5 Å². The predicted molar refractivity (Wildman–Crippen MR) is 135 cm³/mol. The van der Waals surface area contributed by atoms with Gasteiger partial charge in [-0.05, 0) is 30.7 Å². The van der Waals surface area contributed by atoms with Gasteiger partial charge in [-0.15, -0.1) is 24.0 Å². The van der Waals surface area contributed by atoms with Crippen LogP contribution >= 0.6 is 24.0 Å². The zero-order valence-corrected chi connectivity index (χ0v) is 20.0. The zero-order valence-electron chi connectivity index (χ0n) is 17.7. The first kappa shape index (κ1) is 24.5. The lowest BCUT2D eigenvalue weighted by atomic mass is 10.2. The highest BCUT2D eigenvalue weighted by Gasteiger charge is 2.25. The third kappa shape index (κ3) is 6.88. The van der Waals surface area contributed by atoms with Crippen molar-refractivity contribution in [3.63, 3.8) is 0 Å². The number of guanidine groups is 1. The number of nitro benzene ring substituents is 1. The Hall–Kier alpha value is -2.76. The Labute approximate surface area is 199 Å². The Kier molecular flexibility index (Phi) is 9.63. The number of aliphatic imine (C=N–C) groups is 1. The van der Waals surface area contributed by atoms with Crippen LogP contribution in [0.2, 0.25) is 0 Å². The summed E-state index contributed by atoms with van der Waals surface area (Å²) in [7, 11) is 3.45. The second-order valence-corrected chi connectivity index (χ2v) is 6.98. The van der Waals surface area contributed by atoms with Gasteiger partial charge >= 0.3 is 0 Å². The second-order valence-electron chi connectivity index (χ2n) is 6.98. The van der Waals surface area contributed by atoms with E-state index in [0.717, 1.165) is 42.6 Å². The minimum atomic E-state index is -0.404. The number of nitrogens with zero attached hydrogens (tertiary/aromatic N) is 3. The van der Waals surface area contributed by atoms with Gasteiger partial charge in [-0.25, -0.2) is 0 Å². The molecule has 168 valence electrons. The van der Waals surface area contributed by atoms with Gasteiger partial charge in [0.1, 0.15) is 5.75 Å². The molecule has 3 N–H and O–H groups in total. The van der Waals surface area contributed by atoms with Crippen molar-refractivity contribution < 1.29 is 9.66 Å². The molecule has 1 heterocycles. The van der Waals surface area contributed by atoms with Crippen LogP contribution in [-0.4, -0.2) is 57.3 Å². The fourth-order valence-electron chi connectivity index (χ4n) is 3.46. The lowest BCUT2D eigenvalue weighted by Gasteiger charge is -2.22. The monoisotopic (exact) mass is 540 g/mol. The van der Waals surface area contributed by atoms with Crippen molar-refractivity contribution in [3.8, 4) is 5.75 Å². The van der Waals surface area contributed by atoms with E-state index in [0.29, 0.717) is 19.1 Å². The first-order chi connectivity index (χ1) is 14.6. The fraction of sp³-hybridized carbons (Fsp3) is 0.381. The number of halogens is 1. The molecule has 9 nitrogen and oxygen atoms in total. The van der Waals surface area contributed by atoms with Crippen molar-refractivity contribution in [1.82, 2.24) is 10.6 Å². The van der Waals surface area contributed by atoms with Crippen molar-refractivity contribution >= 4 is 47.0 Å². The molecule has 0 bridgehead atoms. The van der Waals surface area contributed by atoms with E-state index >= 15 is 0 Å². The molecule has 1 unspecified atom stereocenters. The predicted octanol–water partition coefficient (Wildman–Crippen LogP) is 3.08. The van der Waals surface area contributed by atoms with E-state index in [-0.39, 0.29) is 29.7 Å². The maximum Gasteiger partial charge on any atom is 0.269 e. The van der Waals surface area contributed by atoms with Gasteiger partial charge in [-0.2, -0.15) is 0 Å². The summed E-state index contributed by atoms with van der Waals surface area (Å²) < 4.78 is 5.48.